The van der Waals surface area contributed by atoms with Gasteiger partial charge in [0.15, 0.2) is 5.78 Å². The minimum absolute atomic E-state index is 0.0285. The molecule has 4 nitrogen and oxygen atoms in total. The molecule has 22 heavy (non-hydrogen) atoms. The summed E-state index contributed by atoms with van der Waals surface area (Å²) in [5, 5.41) is 2.89. The van der Waals surface area contributed by atoms with Gasteiger partial charge in [0.1, 0.15) is 0 Å². The van der Waals surface area contributed by atoms with Crippen LogP contribution >= 0.6 is 15.9 Å². The normalized spacial score (nSPS) is 11.7. The number of hydrogen-bond donors (Lipinski definition) is 1. The van der Waals surface area contributed by atoms with E-state index >= 15 is 0 Å². The van der Waals surface area contributed by atoms with Crippen LogP contribution in [0.25, 0.3) is 0 Å². The number of carbonyl (C=O) groups is 2. The van der Waals surface area contributed by atoms with E-state index in [9.17, 15) is 9.59 Å². The van der Waals surface area contributed by atoms with E-state index in [1.807, 2.05) is 31.2 Å². The third kappa shape index (κ3) is 4.77. The van der Waals surface area contributed by atoms with Gasteiger partial charge in [-0.25, -0.2) is 0 Å². The maximum atomic E-state index is 12.0. The van der Waals surface area contributed by atoms with Crippen LogP contribution in [0.1, 0.15) is 41.7 Å². The lowest BCUT2D eigenvalue weighted by atomic mass is 10.1. The van der Waals surface area contributed by atoms with E-state index in [0.29, 0.717) is 5.56 Å². The van der Waals surface area contributed by atoms with Crippen LogP contribution in [0.3, 0.4) is 0 Å². The molecular formula is C17H17BrN2O2. The van der Waals surface area contributed by atoms with Gasteiger partial charge in [-0.15, -0.1) is 0 Å². The zero-order valence-corrected chi connectivity index (χ0v) is 13.8. The van der Waals surface area contributed by atoms with Crippen molar-refractivity contribution in [2.24, 2.45) is 0 Å². The number of aromatic nitrogens is 1. The summed E-state index contributed by atoms with van der Waals surface area (Å²) in [7, 11) is 0. The second-order valence-electron chi connectivity index (χ2n) is 5.00. The first-order valence-electron chi connectivity index (χ1n) is 7.04. The smallest absolute Gasteiger partial charge is 0.220 e. The predicted molar refractivity (Wildman–Crippen MR) is 88.5 cm³/mol. The number of pyridine rings is 1. The zero-order valence-electron chi connectivity index (χ0n) is 12.3. The van der Waals surface area contributed by atoms with Crippen molar-refractivity contribution in [1.29, 1.82) is 0 Å². The predicted octanol–water partition coefficient (Wildman–Crippen LogP) is 3.68. The van der Waals surface area contributed by atoms with Crippen molar-refractivity contribution >= 4 is 27.6 Å². The Morgan fingerprint density at radius 2 is 1.73 bits per heavy atom. The van der Waals surface area contributed by atoms with Gasteiger partial charge in [0.25, 0.3) is 0 Å². The van der Waals surface area contributed by atoms with Crippen molar-refractivity contribution in [2.45, 2.75) is 25.8 Å². The van der Waals surface area contributed by atoms with Gasteiger partial charge in [0, 0.05) is 35.3 Å². The van der Waals surface area contributed by atoms with E-state index in [2.05, 4.69) is 26.2 Å². The average molecular weight is 361 g/mol. The Kier molecular flexibility index (Phi) is 5.83. The molecule has 1 aromatic carbocycles. The number of rotatable bonds is 6. The fraction of sp³-hybridized carbons (Fsp3) is 0.235. The SMILES string of the molecule is CC(NC(=O)CCC(=O)c1ccc(Br)cc1)c1ccncc1. The summed E-state index contributed by atoms with van der Waals surface area (Å²) in [6.45, 7) is 1.91. The summed E-state index contributed by atoms with van der Waals surface area (Å²) in [5.74, 6) is -0.158. The van der Waals surface area contributed by atoms with E-state index in [-0.39, 0.29) is 30.6 Å². The molecule has 1 heterocycles. The number of ketones is 1. The number of hydrogen-bond acceptors (Lipinski definition) is 3. The molecule has 0 saturated heterocycles. The highest BCUT2D eigenvalue weighted by Crippen LogP contribution is 2.13. The lowest BCUT2D eigenvalue weighted by molar-refractivity contribution is -0.121. The van der Waals surface area contributed by atoms with E-state index in [0.717, 1.165) is 10.0 Å². The van der Waals surface area contributed by atoms with Crippen LogP contribution < -0.4 is 5.32 Å². The van der Waals surface area contributed by atoms with Gasteiger partial charge in [-0.3, -0.25) is 14.6 Å². The van der Waals surface area contributed by atoms with E-state index < -0.39 is 0 Å². The average Bonchev–Trinajstić information content (AvgIpc) is 2.54. The van der Waals surface area contributed by atoms with Crippen molar-refractivity contribution in [3.05, 3.63) is 64.4 Å². The molecule has 0 aliphatic rings. The van der Waals surface area contributed by atoms with Crippen LogP contribution in [0.4, 0.5) is 0 Å². The molecule has 5 heteroatoms. The number of Topliss-reactive ketones (excluding diaryl/α,β-unsaturated/α-hetero) is 1. The zero-order chi connectivity index (χ0) is 15.9. The number of halogens is 1. The third-order valence-corrected chi connectivity index (χ3v) is 3.86. The molecule has 2 rings (SSSR count). The number of nitrogens with zero attached hydrogens (tertiary/aromatic N) is 1. The van der Waals surface area contributed by atoms with Crippen molar-refractivity contribution in [3.8, 4) is 0 Å². The molecule has 0 aliphatic heterocycles. The molecule has 1 atom stereocenters. The second kappa shape index (κ2) is 7.84. The Morgan fingerprint density at radius 1 is 1.09 bits per heavy atom. The van der Waals surface area contributed by atoms with Crippen molar-refractivity contribution in [2.75, 3.05) is 0 Å². The van der Waals surface area contributed by atoms with Gasteiger partial charge in [0.2, 0.25) is 5.91 Å². The number of carbonyl (C=O) groups excluding carboxylic acids is 2. The van der Waals surface area contributed by atoms with Gasteiger partial charge in [-0.1, -0.05) is 28.1 Å². The van der Waals surface area contributed by atoms with Crippen LogP contribution in [0, 0.1) is 0 Å². The Morgan fingerprint density at radius 3 is 2.36 bits per heavy atom. The van der Waals surface area contributed by atoms with Crippen molar-refractivity contribution in [1.82, 2.24) is 10.3 Å². The number of amides is 1. The lowest BCUT2D eigenvalue weighted by Gasteiger charge is -2.13. The maximum absolute atomic E-state index is 12.0. The van der Waals surface area contributed by atoms with Crippen LogP contribution in [-0.4, -0.2) is 16.7 Å². The Labute approximate surface area is 138 Å². The number of nitrogens with one attached hydrogen (secondary N) is 1. The molecule has 0 radical (unpaired) electrons. The van der Waals surface area contributed by atoms with Gasteiger partial charge in [-0.2, -0.15) is 0 Å². The summed E-state index contributed by atoms with van der Waals surface area (Å²) in [6.07, 6.45) is 3.77. The largest absolute Gasteiger partial charge is 0.350 e. The van der Waals surface area contributed by atoms with Crippen LogP contribution in [0.15, 0.2) is 53.3 Å². The molecule has 0 aliphatic carbocycles. The summed E-state index contributed by atoms with van der Waals surface area (Å²) < 4.78 is 0.924. The highest BCUT2D eigenvalue weighted by Gasteiger charge is 2.12. The third-order valence-electron chi connectivity index (χ3n) is 3.33. The van der Waals surface area contributed by atoms with E-state index in [1.54, 1.807) is 24.5 Å². The molecule has 1 unspecified atom stereocenters. The standard InChI is InChI=1S/C17H17BrN2O2/c1-12(13-8-10-19-11-9-13)20-17(22)7-6-16(21)14-2-4-15(18)5-3-14/h2-5,8-12H,6-7H2,1H3,(H,20,22). The topological polar surface area (TPSA) is 59.1 Å². The lowest BCUT2D eigenvalue weighted by Crippen LogP contribution is -2.26. The molecule has 1 aromatic heterocycles. The Balaban J connectivity index is 1.82. The minimum Gasteiger partial charge on any atom is -0.350 e. The highest BCUT2D eigenvalue weighted by atomic mass is 79.9. The first-order valence-corrected chi connectivity index (χ1v) is 7.83. The summed E-state index contributed by atoms with van der Waals surface area (Å²) in [6, 6.07) is 10.8. The Bertz CT molecular complexity index is 641. The molecule has 0 fully saturated rings. The molecule has 1 N–H and O–H groups in total. The highest BCUT2D eigenvalue weighted by molar-refractivity contribution is 9.10. The minimum atomic E-state index is -0.130. The molecule has 114 valence electrons. The molecular weight excluding hydrogens is 344 g/mol. The molecule has 1 amide bonds. The van der Waals surface area contributed by atoms with Gasteiger partial charge in [-0.05, 0) is 36.8 Å². The quantitative estimate of drug-likeness (QED) is 0.799. The van der Waals surface area contributed by atoms with Crippen LogP contribution in [-0.2, 0) is 4.79 Å². The monoisotopic (exact) mass is 360 g/mol. The fourth-order valence-corrected chi connectivity index (χ4v) is 2.32. The molecule has 0 saturated carbocycles. The van der Waals surface area contributed by atoms with E-state index in [4.69, 9.17) is 0 Å². The summed E-state index contributed by atoms with van der Waals surface area (Å²) in [4.78, 5) is 27.9. The maximum Gasteiger partial charge on any atom is 0.220 e. The van der Waals surface area contributed by atoms with Crippen LogP contribution in [0.2, 0.25) is 0 Å². The summed E-state index contributed by atoms with van der Waals surface area (Å²) >= 11 is 3.33. The van der Waals surface area contributed by atoms with Gasteiger partial charge < -0.3 is 5.32 Å². The van der Waals surface area contributed by atoms with Crippen molar-refractivity contribution < 1.29 is 9.59 Å². The molecule has 0 bridgehead atoms. The van der Waals surface area contributed by atoms with Crippen molar-refractivity contribution in [3.63, 3.8) is 0 Å². The Hall–Kier alpha value is -2.01. The fourth-order valence-electron chi connectivity index (χ4n) is 2.06. The van der Waals surface area contributed by atoms with E-state index in [1.165, 1.54) is 0 Å². The molecule has 2 aromatic rings. The molecule has 0 spiro atoms. The van der Waals surface area contributed by atoms with Crippen LogP contribution in [0.5, 0.6) is 0 Å². The van der Waals surface area contributed by atoms with Gasteiger partial charge >= 0.3 is 0 Å². The first-order chi connectivity index (χ1) is 10.6. The summed E-state index contributed by atoms with van der Waals surface area (Å²) in [5.41, 5.74) is 1.61. The number of benzene rings is 1. The van der Waals surface area contributed by atoms with Gasteiger partial charge in [0.05, 0.1) is 6.04 Å². The second-order valence-corrected chi connectivity index (χ2v) is 5.92. The first kappa shape index (κ1) is 16.4.